The van der Waals surface area contributed by atoms with Gasteiger partial charge in [-0.15, -0.1) is 0 Å². The Labute approximate surface area is 198 Å². The monoisotopic (exact) mass is 462 g/mol. The predicted molar refractivity (Wildman–Crippen MR) is 131 cm³/mol. The minimum atomic E-state index is -0.106. The topological polar surface area (TPSA) is 73.4 Å². The summed E-state index contributed by atoms with van der Waals surface area (Å²) in [5, 5.41) is 0.579. The number of rotatable bonds is 6. The van der Waals surface area contributed by atoms with Crippen LogP contribution in [-0.2, 0) is 19.6 Å². The van der Waals surface area contributed by atoms with Gasteiger partial charge in [-0.05, 0) is 60.7 Å². The highest BCUT2D eigenvalue weighted by Crippen LogP contribution is 2.28. The third kappa shape index (κ3) is 5.03. The number of benzene rings is 1. The summed E-state index contributed by atoms with van der Waals surface area (Å²) in [5.41, 5.74) is 11.5. The number of ether oxygens (including phenoxy) is 1. The maximum absolute atomic E-state index is 12.8. The second-order valence-corrected chi connectivity index (χ2v) is 9.73. The first-order valence-corrected chi connectivity index (χ1v) is 11.5. The molecule has 0 unspecified atom stereocenters. The molecular weight excluding hydrogens is 436 g/mol. The number of pyridine rings is 2. The Hall–Kier alpha value is -2.93. The highest BCUT2D eigenvalue weighted by Gasteiger charge is 2.34. The van der Waals surface area contributed by atoms with Crippen LogP contribution in [0.1, 0.15) is 35.7 Å². The van der Waals surface area contributed by atoms with Gasteiger partial charge in [0.1, 0.15) is 12.4 Å². The molecule has 170 valence electrons. The minimum absolute atomic E-state index is 0.0492. The maximum atomic E-state index is 12.8. The summed E-state index contributed by atoms with van der Waals surface area (Å²) in [7, 11) is 0. The number of likely N-dealkylation sites (tertiary alicyclic amines) is 1. The van der Waals surface area contributed by atoms with Crippen molar-refractivity contribution >= 4 is 23.4 Å². The van der Waals surface area contributed by atoms with E-state index in [4.69, 9.17) is 22.1 Å². The van der Waals surface area contributed by atoms with Gasteiger partial charge in [0.05, 0.1) is 10.7 Å². The average molecular weight is 463 g/mol. The van der Waals surface area contributed by atoms with Crippen LogP contribution in [0.5, 0.6) is 5.75 Å². The SMILES string of the molecule is CC1(N)CN(Cc2ccc3c(c2)CCC(n2ccc(OCc4ccc(Cl)cn4)cc2=O)=C3)C1. The van der Waals surface area contributed by atoms with E-state index < -0.39 is 0 Å². The fourth-order valence-corrected chi connectivity index (χ4v) is 4.71. The molecule has 0 spiro atoms. The summed E-state index contributed by atoms with van der Waals surface area (Å²) in [6.45, 7) is 5.18. The molecule has 1 saturated heterocycles. The first kappa shape index (κ1) is 21.9. The molecule has 3 aromatic rings. The molecule has 1 fully saturated rings. The van der Waals surface area contributed by atoms with Crippen LogP contribution in [0.2, 0.25) is 5.02 Å². The van der Waals surface area contributed by atoms with Crippen molar-refractivity contribution in [2.45, 2.75) is 38.5 Å². The molecule has 1 aliphatic carbocycles. The molecule has 0 atom stereocenters. The zero-order valence-electron chi connectivity index (χ0n) is 18.6. The number of aryl methyl sites for hydroxylation is 1. The van der Waals surface area contributed by atoms with E-state index in [9.17, 15) is 4.79 Å². The lowest BCUT2D eigenvalue weighted by Gasteiger charge is -2.45. The standard InChI is InChI=1S/C26H27ClN4O2/c1-26(28)16-30(17-26)14-18-2-3-20-11-23(7-4-19(20)10-18)31-9-8-24(12-25(31)32)33-15-22-6-5-21(27)13-29-22/h2-3,5-6,8-13H,4,7,14-17,28H2,1H3. The predicted octanol–water partition coefficient (Wildman–Crippen LogP) is 3.95. The van der Waals surface area contributed by atoms with Crippen LogP contribution in [0.3, 0.4) is 0 Å². The Bertz CT molecular complexity index is 1260. The van der Waals surface area contributed by atoms with Crippen LogP contribution in [0.25, 0.3) is 11.8 Å². The third-order valence-corrected chi connectivity index (χ3v) is 6.36. The van der Waals surface area contributed by atoms with Crippen LogP contribution in [0.4, 0.5) is 0 Å². The van der Waals surface area contributed by atoms with Gasteiger partial charge in [-0.2, -0.15) is 0 Å². The molecule has 5 rings (SSSR count). The highest BCUT2D eigenvalue weighted by molar-refractivity contribution is 6.30. The summed E-state index contributed by atoms with van der Waals surface area (Å²) in [6.07, 6.45) is 7.20. The maximum Gasteiger partial charge on any atom is 0.258 e. The lowest BCUT2D eigenvalue weighted by atomic mass is 9.91. The van der Waals surface area contributed by atoms with Crippen LogP contribution in [0, 0.1) is 0 Å². The Morgan fingerprint density at radius 2 is 2.00 bits per heavy atom. The van der Waals surface area contributed by atoms with Gasteiger partial charge >= 0.3 is 0 Å². The van der Waals surface area contributed by atoms with Crippen molar-refractivity contribution in [3.05, 3.63) is 92.6 Å². The van der Waals surface area contributed by atoms with Gasteiger partial charge in [-0.1, -0.05) is 29.8 Å². The van der Waals surface area contributed by atoms with Crippen molar-refractivity contribution in [1.29, 1.82) is 0 Å². The van der Waals surface area contributed by atoms with Crippen molar-refractivity contribution in [3.8, 4) is 5.75 Å². The van der Waals surface area contributed by atoms with Crippen molar-refractivity contribution < 1.29 is 4.74 Å². The van der Waals surface area contributed by atoms with Crippen molar-refractivity contribution in [1.82, 2.24) is 14.5 Å². The molecule has 6 nitrogen and oxygen atoms in total. The van der Waals surface area contributed by atoms with Gasteiger partial charge in [0, 0.05) is 49.3 Å². The van der Waals surface area contributed by atoms with E-state index in [0.29, 0.717) is 10.8 Å². The number of fused-ring (bicyclic) bond motifs is 1. The summed E-state index contributed by atoms with van der Waals surface area (Å²) in [5.74, 6) is 0.522. The van der Waals surface area contributed by atoms with E-state index in [1.165, 1.54) is 22.8 Å². The van der Waals surface area contributed by atoms with Crippen LogP contribution < -0.4 is 16.0 Å². The van der Waals surface area contributed by atoms with E-state index in [1.54, 1.807) is 29.1 Å². The Balaban J connectivity index is 1.27. The number of allylic oxidation sites excluding steroid dienone is 1. The first-order valence-electron chi connectivity index (χ1n) is 11.1. The molecule has 1 aromatic carbocycles. The second-order valence-electron chi connectivity index (χ2n) is 9.30. The van der Waals surface area contributed by atoms with Gasteiger partial charge in [0.15, 0.2) is 0 Å². The van der Waals surface area contributed by atoms with Crippen molar-refractivity contribution in [2.75, 3.05) is 13.1 Å². The molecule has 0 bridgehead atoms. The Morgan fingerprint density at radius 1 is 1.15 bits per heavy atom. The number of aromatic nitrogens is 2. The van der Waals surface area contributed by atoms with E-state index >= 15 is 0 Å². The molecular formula is C26H27ClN4O2. The van der Waals surface area contributed by atoms with Crippen molar-refractivity contribution in [2.24, 2.45) is 5.73 Å². The molecule has 0 radical (unpaired) electrons. The minimum Gasteiger partial charge on any atom is -0.487 e. The van der Waals surface area contributed by atoms with Crippen LogP contribution >= 0.6 is 11.6 Å². The quantitative estimate of drug-likeness (QED) is 0.600. The summed E-state index contributed by atoms with van der Waals surface area (Å²) < 4.78 is 7.43. The van der Waals surface area contributed by atoms with Gasteiger partial charge in [-0.3, -0.25) is 19.2 Å². The number of halogens is 1. The van der Waals surface area contributed by atoms with Crippen LogP contribution in [0.15, 0.2) is 59.7 Å². The van der Waals surface area contributed by atoms with Gasteiger partial charge in [0.2, 0.25) is 0 Å². The zero-order valence-corrected chi connectivity index (χ0v) is 19.4. The average Bonchev–Trinajstić information content (AvgIpc) is 2.77. The van der Waals surface area contributed by atoms with E-state index in [-0.39, 0.29) is 17.7 Å². The number of nitrogens with zero attached hydrogens (tertiary/aromatic N) is 3. The lowest BCUT2D eigenvalue weighted by molar-refractivity contribution is 0.0764. The smallest absolute Gasteiger partial charge is 0.258 e. The van der Waals surface area contributed by atoms with E-state index in [0.717, 1.165) is 43.9 Å². The fourth-order valence-electron chi connectivity index (χ4n) is 4.60. The number of hydrogen-bond donors (Lipinski definition) is 1. The molecule has 33 heavy (non-hydrogen) atoms. The third-order valence-electron chi connectivity index (χ3n) is 6.13. The number of hydrogen-bond acceptors (Lipinski definition) is 5. The lowest BCUT2D eigenvalue weighted by Crippen LogP contribution is -2.64. The molecule has 2 aliphatic rings. The molecule has 1 aliphatic heterocycles. The molecule has 7 heteroatoms. The van der Waals surface area contributed by atoms with Gasteiger partial charge < -0.3 is 10.5 Å². The number of nitrogens with two attached hydrogens (primary N) is 1. The summed E-state index contributed by atoms with van der Waals surface area (Å²) in [4.78, 5) is 19.3. The first-order chi connectivity index (χ1) is 15.8. The molecule has 3 heterocycles. The largest absolute Gasteiger partial charge is 0.487 e. The molecule has 0 amide bonds. The fraction of sp³-hybridized carbons (Fsp3) is 0.308. The van der Waals surface area contributed by atoms with E-state index in [1.807, 2.05) is 6.07 Å². The molecule has 2 aromatic heterocycles. The van der Waals surface area contributed by atoms with Gasteiger partial charge in [-0.25, -0.2) is 0 Å². The Kier molecular flexibility index (Phi) is 5.83. The molecule has 2 N–H and O–H groups in total. The van der Waals surface area contributed by atoms with Gasteiger partial charge in [0.25, 0.3) is 5.56 Å². The highest BCUT2D eigenvalue weighted by atomic mass is 35.5. The summed E-state index contributed by atoms with van der Waals surface area (Å²) in [6, 6.07) is 13.5. The van der Waals surface area contributed by atoms with E-state index in [2.05, 4.69) is 41.1 Å². The molecule has 0 saturated carbocycles. The normalized spacial score (nSPS) is 17.1. The Morgan fingerprint density at radius 3 is 2.73 bits per heavy atom. The van der Waals surface area contributed by atoms with Crippen molar-refractivity contribution in [3.63, 3.8) is 0 Å². The zero-order chi connectivity index (χ0) is 23.0. The summed E-state index contributed by atoms with van der Waals surface area (Å²) >= 11 is 5.86. The van der Waals surface area contributed by atoms with Crippen LogP contribution in [-0.4, -0.2) is 33.1 Å². The second kappa shape index (κ2) is 8.78.